The van der Waals surface area contributed by atoms with Gasteiger partial charge in [-0.25, -0.2) is 4.98 Å². The van der Waals surface area contributed by atoms with Crippen molar-refractivity contribution in [1.82, 2.24) is 9.97 Å². The molecular formula is C22H29F3N4O2. The van der Waals surface area contributed by atoms with Crippen LogP contribution in [0.3, 0.4) is 0 Å². The SMILES string of the molecule is COCc1nc(N2CCN(c3cccc(C(F)(F)F)c3)CC2)[nH]c(=O)c1CCC(C)C. The molecule has 170 valence electrons. The van der Waals surface area contributed by atoms with E-state index in [-0.39, 0.29) is 12.2 Å². The van der Waals surface area contributed by atoms with Gasteiger partial charge in [-0.05, 0) is 37.0 Å². The molecule has 0 atom stereocenters. The smallest absolute Gasteiger partial charge is 0.378 e. The van der Waals surface area contributed by atoms with Crippen molar-refractivity contribution in [2.24, 2.45) is 5.92 Å². The molecule has 0 radical (unpaired) electrons. The average Bonchev–Trinajstić information content (AvgIpc) is 2.72. The van der Waals surface area contributed by atoms with Gasteiger partial charge in [0.2, 0.25) is 5.95 Å². The molecule has 1 saturated heterocycles. The topological polar surface area (TPSA) is 61.5 Å². The Labute approximate surface area is 180 Å². The van der Waals surface area contributed by atoms with Crippen molar-refractivity contribution in [3.8, 4) is 0 Å². The lowest BCUT2D eigenvalue weighted by Crippen LogP contribution is -2.47. The summed E-state index contributed by atoms with van der Waals surface area (Å²) in [5.74, 6) is 0.951. The minimum atomic E-state index is -4.36. The molecule has 1 aromatic carbocycles. The van der Waals surface area contributed by atoms with Crippen LogP contribution in [-0.4, -0.2) is 43.3 Å². The van der Waals surface area contributed by atoms with Crippen LogP contribution in [0.1, 0.15) is 37.1 Å². The fraction of sp³-hybridized carbons (Fsp3) is 0.545. The molecule has 1 aromatic heterocycles. The number of methoxy groups -OCH3 is 1. The number of hydrogen-bond acceptors (Lipinski definition) is 5. The fourth-order valence-electron chi connectivity index (χ4n) is 3.68. The van der Waals surface area contributed by atoms with Crippen LogP contribution in [0.2, 0.25) is 0 Å². The van der Waals surface area contributed by atoms with Crippen molar-refractivity contribution >= 4 is 11.6 Å². The van der Waals surface area contributed by atoms with Crippen LogP contribution in [-0.2, 0) is 23.9 Å². The number of rotatable bonds is 7. The van der Waals surface area contributed by atoms with E-state index in [1.165, 1.54) is 12.1 Å². The van der Waals surface area contributed by atoms with Crippen molar-refractivity contribution in [1.29, 1.82) is 0 Å². The van der Waals surface area contributed by atoms with Crippen molar-refractivity contribution in [3.63, 3.8) is 0 Å². The second kappa shape index (κ2) is 9.72. The molecule has 2 heterocycles. The third kappa shape index (κ3) is 5.78. The van der Waals surface area contributed by atoms with E-state index >= 15 is 0 Å². The summed E-state index contributed by atoms with van der Waals surface area (Å²) in [5, 5.41) is 0. The number of aromatic nitrogens is 2. The summed E-state index contributed by atoms with van der Waals surface area (Å²) in [6.07, 6.45) is -2.84. The molecule has 3 rings (SSSR count). The molecule has 2 aromatic rings. The Hall–Kier alpha value is -2.55. The fourth-order valence-corrected chi connectivity index (χ4v) is 3.68. The predicted molar refractivity (Wildman–Crippen MR) is 115 cm³/mol. The monoisotopic (exact) mass is 438 g/mol. The van der Waals surface area contributed by atoms with Gasteiger partial charge in [-0.1, -0.05) is 19.9 Å². The van der Waals surface area contributed by atoms with Crippen molar-refractivity contribution in [2.45, 2.75) is 39.5 Å². The molecule has 31 heavy (non-hydrogen) atoms. The number of hydrogen-bond donors (Lipinski definition) is 1. The number of H-pyrrole nitrogens is 1. The normalized spacial score (nSPS) is 15.1. The van der Waals surface area contributed by atoms with Gasteiger partial charge in [0.15, 0.2) is 0 Å². The van der Waals surface area contributed by atoms with Gasteiger partial charge in [0.25, 0.3) is 5.56 Å². The molecule has 6 nitrogen and oxygen atoms in total. The zero-order valence-electron chi connectivity index (χ0n) is 18.1. The maximum absolute atomic E-state index is 13.0. The zero-order valence-corrected chi connectivity index (χ0v) is 18.1. The largest absolute Gasteiger partial charge is 0.416 e. The number of ether oxygens (including phenoxy) is 1. The van der Waals surface area contributed by atoms with Gasteiger partial charge >= 0.3 is 6.18 Å². The highest BCUT2D eigenvalue weighted by molar-refractivity contribution is 5.51. The van der Waals surface area contributed by atoms with E-state index in [0.29, 0.717) is 61.4 Å². The van der Waals surface area contributed by atoms with Gasteiger partial charge in [-0.3, -0.25) is 9.78 Å². The minimum Gasteiger partial charge on any atom is -0.378 e. The van der Waals surface area contributed by atoms with Crippen LogP contribution in [0.5, 0.6) is 0 Å². The first-order valence-corrected chi connectivity index (χ1v) is 10.5. The quantitative estimate of drug-likeness (QED) is 0.712. The summed E-state index contributed by atoms with van der Waals surface area (Å²) in [7, 11) is 1.57. The second-order valence-corrected chi connectivity index (χ2v) is 8.20. The molecule has 1 aliphatic rings. The molecule has 1 aliphatic heterocycles. The molecule has 0 saturated carbocycles. The highest BCUT2D eigenvalue weighted by atomic mass is 19.4. The van der Waals surface area contributed by atoms with Gasteiger partial charge in [0.05, 0.1) is 17.9 Å². The van der Waals surface area contributed by atoms with Crippen LogP contribution in [0, 0.1) is 5.92 Å². The standard InChI is InChI=1S/C22H29F3N4O2/c1-15(2)7-8-18-19(14-31-3)26-21(27-20(18)30)29-11-9-28(10-12-29)17-6-4-5-16(13-17)22(23,24)25/h4-6,13,15H,7-12,14H2,1-3H3,(H,26,27,30). The minimum absolute atomic E-state index is 0.155. The zero-order chi connectivity index (χ0) is 22.6. The molecular weight excluding hydrogens is 409 g/mol. The third-order valence-corrected chi connectivity index (χ3v) is 5.46. The van der Waals surface area contributed by atoms with Crippen LogP contribution < -0.4 is 15.4 Å². The molecule has 0 unspecified atom stereocenters. The van der Waals surface area contributed by atoms with E-state index < -0.39 is 11.7 Å². The number of halogens is 3. The van der Waals surface area contributed by atoms with E-state index in [1.54, 1.807) is 13.2 Å². The number of benzene rings is 1. The Balaban J connectivity index is 1.74. The maximum atomic E-state index is 13.0. The second-order valence-electron chi connectivity index (χ2n) is 8.20. The summed E-state index contributed by atoms with van der Waals surface area (Å²) in [5.41, 5.74) is 1.03. The predicted octanol–water partition coefficient (Wildman–Crippen LogP) is 3.85. The highest BCUT2D eigenvalue weighted by Gasteiger charge is 2.31. The van der Waals surface area contributed by atoms with Gasteiger partial charge in [0.1, 0.15) is 0 Å². The summed E-state index contributed by atoms with van der Waals surface area (Å²) >= 11 is 0. The van der Waals surface area contributed by atoms with Crippen molar-refractivity contribution in [2.75, 3.05) is 43.1 Å². The molecule has 0 aliphatic carbocycles. The number of nitrogens with zero attached hydrogens (tertiary/aromatic N) is 3. The van der Waals surface area contributed by atoms with E-state index in [2.05, 4.69) is 23.8 Å². The Kier molecular flexibility index (Phi) is 7.25. The van der Waals surface area contributed by atoms with Crippen LogP contribution in [0.4, 0.5) is 24.8 Å². The Morgan fingerprint density at radius 3 is 2.45 bits per heavy atom. The lowest BCUT2D eigenvalue weighted by molar-refractivity contribution is -0.137. The van der Waals surface area contributed by atoms with Gasteiger partial charge < -0.3 is 14.5 Å². The summed E-state index contributed by atoms with van der Waals surface area (Å²) in [4.78, 5) is 24.1. The summed E-state index contributed by atoms with van der Waals surface area (Å²) < 4.78 is 44.3. The molecule has 1 fully saturated rings. The molecule has 9 heteroatoms. The first-order chi connectivity index (χ1) is 14.7. The molecule has 0 spiro atoms. The van der Waals surface area contributed by atoms with E-state index in [1.807, 2.05) is 9.80 Å². The molecule has 0 bridgehead atoms. The Morgan fingerprint density at radius 1 is 1.16 bits per heavy atom. The van der Waals surface area contributed by atoms with E-state index in [9.17, 15) is 18.0 Å². The van der Waals surface area contributed by atoms with E-state index in [4.69, 9.17) is 4.74 Å². The maximum Gasteiger partial charge on any atom is 0.416 e. The number of nitrogens with one attached hydrogen (secondary N) is 1. The lowest BCUT2D eigenvalue weighted by Gasteiger charge is -2.36. The highest BCUT2D eigenvalue weighted by Crippen LogP contribution is 2.32. The average molecular weight is 438 g/mol. The molecule has 0 amide bonds. The van der Waals surface area contributed by atoms with Crippen molar-refractivity contribution < 1.29 is 17.9 Å². The van der Waals surface area contributed by atoms with Gasteiger partial charge in [-0.15, -0.1) is 0 Å². The van der Waals surface area contributed by atoms with E-state index in [0.717, 1.165) is 12.5 Å². The first-order valence-electron chi connectivity index (χ1n) is 10.5. The summed E-state index contributed by atoms with van der Waals surface area (Å²) in [6.45, 7) is 6.60. The number of aromatic amines is 1. The number of anilines is 2. The van der Waals surface area contributed by atoms with Gasteiger partial charge in [-0.2, -0.15) is 13.2 Å². The Bertz CT molecular complexity index is 935. The summed E-state index contributed by atoms with van der Waals surface area (Å²) in [6, 6.07) is 5.37. The third-order valence-electron chi connectivity index (χ3n) is 5.46. The van der Waals surface area contributed by atoms with Crippen molar-refractivity contribution in [3.05, 3.63) is 51.4 Å². The van der Waals surface area contributed by atoms with Crippen LogP contribution >= 0.6 is 0 Å². The number of piperazine rings is 1. The molecule has 1 N–H and O–H groups in total. The number of alkyl halides is 3. The lowest BCUT2D eigenvalue weighted by atomic mass is 10.0. The first kappa shape index (κ1) is 23.1. The van der Waals surface area contributed by atoms with Crippen LogP contribution in [0.15, 0.2) is 29.1 Å². The van der Waals surface area contributed by atoms with Gasteiger partial charge in [0, 0.05) is 44.5 Å². The van der Waals surface area contributed by atoms with Crippen LogP contribution in [0.25, 0.3) is 0 Å². The Morgan fingerprint density at radius 2 is 1.84 bits per heavy atom.